The van der Waals surface area contributed by atoms with Gasteiger partial charge >= 0.3 is 12.2 Å². The van der Waals surface area contributed by atoms with Crippen LogP contribution in [0.2, 0.25) is 0 Å². The van der Waals surface area contributed by atoms with Crippen molar-refractivity contribution < 1.29 is 18.0 Å². The molecule has 4 N–H and O–H groups in total. The van der Waals surface area contributed by atoms with Gasteiger partial charge in [-0.2, -0.15) is 18.3 Å². The molecule has 0 unspecified atom stereocenters. The number of primary amides is 1. The lowest BCUT2D eigenvalue weighted by atomic mass is 10.4. The zero-order chi connectivity index (χ0) is 10.1. The van der Waals surface area contributed by atoms with Crippen LogP contribution in [-0.4, -0.2) is 16.2 Å². The summed E-state index contributed by atoms with van der Waals surface area (Å²) in [6.45, 7) is 0. The normalized spacial score (nSPS) is 11.3. The highest BCUT2D eigenvalue weighted by atomic mass is 19.4. The molecule has 0 aliphatic carbocycles. The molecule has 13 heavy (non-hydrogen) atoms. The van der Waals surface area contributed by atoms with E-state index in [1.807, 2.05) is 10.4 Å². The average Bonchev–Trinajstić information content (AvgIpc) is 2.32. The fraction of sp³-hybridized carbons (Fsp3) is 0.200. The SMILES string of the molecule is NC(=O)Nc1cc(C(F)(F)F)n[nH]1. The molecule has 0 atom stereocenters. The van der Waals surface area contributed by atoms with E-state index >= 15 is 0 Å². The zero-order valence-corrected chi connectivity index (χ0v) is 6.14. The Hall–Kier alpha value is -1.73. The number of hydrogen-bond donors (Lipinski definition) is 3. The fourth-order valence-electron chi connectivity index (χ4n) is 0.664. The Morgan fingerprint density at radius 1 is 1.62 bits per heavy atom. The second-order valence-corrected chi connectivity index (χ2v) is 2.15. The lowest BCUT2D eigenvalue weighted by Crippen LogP contribution is -2.19. The predicted octanol–water partition coefficient (Wildman–Crippen LogP) is 0.919. The maximum absolute atomic E-state index is 11.9. The monoisotopic (exact) mass is 194 g/mol. The maximum Gasteiger partial charge on any atom is 0.435 e. The van der Waals surface area contributed by atoms with Gasteiger partial charge in [-0.3, -0.25) is 10.4 Å². The van der Waals surface area contributed by atoms with E-state index in [0.717, 1.165) is 0 Å². The summed E-state index contributed by atoms with van der Waals surface area (Å²) in [4.78, 5) is 10.2. The van der Waals surface area contributed by atoms with Crippen LogP contribution in [0.5, 0.6) is 0 Å². The van der Waals surface area contributed by atoms with Crippen molar-refractivity contribution in [2.45, 2.75) is 6.18 Å². The first-order valence-electron chi connectivity index (χ1n) is 3.08. The van der Waals surface area contributed by atoms with E-state index in [1.54, 1.807) is 0 Å². The number of nitrogens with zero attached hydrogens (tertiary/aromatic N) is 1. The molecule has 0 aliphatic rings. The molecule has 72 valence electrons. The van der Waals surface area contributed by atoms with Gasteiger partial charge in [-0.1, -0.05) is 0 Å². The molecule has 0 saturated heterocycles. The van der Waals surface area contributed by atoms with Crippen molar-refractivity contribution in [3.63, 3.8) is 0 Å². The summed E-state index contributed by atoms with van der Waals surface area (Å²) in [6.07, 6.45) is -4.53. The first-order chi connectivity index (χ1) is 5.89. The Kier molecular flexibility index (Phi) is 2.13. The molecule has 0 aliphatic heterocycles. The van der Waals surface area contributed by atoms with E-state index in [4.69, 9.17) is 0 Å². The molecular weight excluding hydrogens is 189 g/mol. The van der Waals surface area contributed by atoms with Gasteiger partial charge in [0.15, 0.2) is 5.69 Å². The topological polar surface area (TPSA) is 83.8 Å². The van der Waals surface area contributed by atoms with Crippen molar-refractivity contribution in [1.82, 2.24) is 10.2 Å². The predicted molar refractivity (Wildman–Crippen MR) is 36.8 cm³/mol. The van der Waals surface area contributed by atoms with E-state index < -0.39 is 17.9 Å². The lowest BCUT2D eigenvalue weighted by molar-refractivity contribution is -0.141. The van der Waals surface area contributed by atoms with Crippen LogP contribution >= 0.6 is 0 Å². The van der Waals surface area contributed by atoms with E-state index in [1.165, 1.54) is 0 Å². The van der Waals surface area contributed by atoms with Gasteiger partial charge < -0.3 is 5.73 Å². The van der Waals surface area contributed by atoms with Crippen LogP contribution in [0.15, 0.2) is 6.07 Å². The van der Waals surface area contributed by atoms with E-state index in [9.17, 15) is 18.0 Å². The largest absolute Gasteiger partial charge is 0.435 e. The van der Waals surface area contributed by atoms with Crippen molar-refractivity contribution in [2.24, 2.45) is 5.73 Å². The van der Waals surface area contributed by atoms with Gasteiger partial charge in [0, 0.05) is 6.07 Å². The van der Waals surface area contributed by atoms with Gasteiger partial charge in [0.05, 0.1) is 0 Å². The summed E-state index contributed by atoms with van der Waals surface area (Å²) in [5.41, 5.74) is 3.55. The average molecular weight is 194 g/mol. The number of hydrogen-bond acceptors (Lipinski definition) is 2. The number of nitrogens with one attached hydrogen (secondary N) is 2. The Labute approximate surface area is 70.1 Å². The fourth-order valence-corrected chi connectivity index (χ4v) is 0.664. The summed E-state index contributed by atoms with van der Waals surface area (Å²) in [7, 11) is 0. The first kappa shape index (κ1) is 9.36. The summed E-state index contributed by atoms with van der Waals surface area (Å²) in [6, 6.07) is -0.317. The van der Waals surface area contributed by atoms with Crippen LogP contribution in [0, 0.1) is 0 Å². The van der Waals surface area contributed by atoms with Crippen LogP contribution in [0.25, 0.3) is 0 Å². The summed E-state index contributed by atoms with van der Waals surface area (Å²) in [5.74, 6) is -0.195. The Balaban J connectivity index is 2.81. The summed E-state index contributed by atoms with van der Waals surface area (Å²) >= 11 is 0. The highest BCUT2D eigenvalue weighted by molar-refractivity contribution is 5.86. The number of rotatable bonds is 1. The van der Waals surface area contributed by atoms with Crippen LogP contribution in [0.4, 0.5) is 23.8 Å². The van der Waals surface area contributed by atoms with Gasteiger partial charge in [0.25, 0.3) is 0 Å². The van der Waals surface area contributed by atoms with Crippen molar-refractivity contribution in [3.8, 4) is 0 Å². The minimum Gasteiger partial charge on any atom is -0.351 e. The smallest absolute Gasteiger partial charge is 0.351 e. The van der Waals surface area contributed by atoms with Gasteiger partial charge in [-0.05, 0) is 0 Å². The molecule has 0 aromatic carbocycles. The third-order valence-corrected chi connectivity index (χ3v) is 1.13. The zero-order valence-electron chi connectivity index (χ0n) is 6.14. The summed E-state index contributed by atoms with van der Waals surface area (Å²) in [5, 5.41) is 6.80. The molecule has 2 amide bonds. The molecule has 1 heterocycles. The molecular formula is C5H5F3N4O. The molecule has 1 aromatic rings. The van der Waals surface area contributed by atoms with Crippen molar-refractivity contribution >= 4 is 11.8 Å². The lowest BCUT2D eigenvalue weighted by Gasteiger charge is -1.98. The molecule has 0 saturated carbocycles. The standard InChI is InChI=1S/C5H5F3N4O/c6-5(7,8)2-1-3(12-11-2)10-4(9)13/h1H,(H4,9,10,11,12,13). The number of nitrogens with two attached hydrogens (primary N) is 1. The minimum absolute atomic E-state index is 0.195. The third kappa shape index (κ3) is 2.36. The van der Waals surface area contributed by atoms with Gasteiger partial charge in [0.1, 0.15) is 5.82 Å². The summed E-state index contributed by atoms with van der Waals surface area (Å²) < 4.78 is 35.7. The molecule has 1 aromatic heterocycles. The second kappa shape index (κ2) is 2.96. The van der Waals surface area contributed by atoms with Crippen LogP contribution in [0.3, 0.4) is 0 Å². The van der Waals surface area contributed by atoms with E-state index in [0.29, 0.717) is 6.07 Å². The molecule has 5 nitrogen and oxygen atoms in total. The highest BCUT2D eigenvalue weighted by Gasteiger charge is 2.33. The molecule has 0 bridgehead atoms. The van der Waals surface area contributed by atoms with Crippen LogP contribution < -0.4 is 11.1 Å². The van der Waals surface area contributed by atoms with Gasteiger partial charge in [-0.15, -0.1) is 0 Å². The molecule has 0 radical (unpaired) electrons. The third-order valence-electron chi connectivity index (χ3n) is 1.13. The van der Waals surface area contributed by atoms with E-state index in [2.05, 4.69) is 10.8 Å². The maximum atomic E-state index is 11.9. The van der Waals surface area contributed by atoms with Crippen molar-refractivity contribution in [1.29, 1.82) is 0 Å². The number of amides is 2. The van der Waals surface area contributed by atoms with E-state index in [-0.39, 0.29) is 5.82 Å². The second-order valence-electron chi connectivity index (χ2n) is 2.15. The van der Waals surface area contributed by atoms with Gasteiger partial charge in [0.2, 0.25) is 0 Å². The number of anilines is 1. The Morgan fingerprint density at radius 2 is 2.23 bits per heavy atom. The molecule has 0 fully saturated rings. The number of aromatic amines is 1. The molecule has 1 rings (SSSR count). The number of aromatic nitrogens is 2. The Bertz CT molecular complexity index is 318. The van der Waals surface area contributed by atoms with Crippen LogP contribution in [0.1, 0.15) is 5.69 Å². The number of H-pyrrole nitrogens is 1. The number of halogens is 3. The number of carbonyl (C=O) groups excluding carboxylic acids is 1. The Morgan fingerprint density at radius 3 is 2.62 bits per heavy atom. The van der Waals surface area contributed by atoms with Gasteiger partial charge in [-0.25, -0.2) is 4.79 Å². The quantitative estimate of drug-likeness (QED) is 0.621. The number of alkyl halides is 3. The number of urea groups is 1. The molecule has 8 heteroatoms. The van der Waals surface area contributed by atoms with Crippen LogP contribution in [-0.2, 0) is 6.18 Å². The first-order valence-corrected chi connectivity index (χ1v) is 3.08. The number of carbonyl (C=O) groups is 1. The minimum atomic E-state index is -4.53. The van der Waals surface area contributed by atoms with Crippen molar-refractivity contribution in [2.75, 3.05) is 5.32 Å². The van der Waals surface area contributed by atoms with Crippen molar-refractivity contribution in [3.05, 3.63) is 11.8 Å². The highest BCUT2D eigenvalue weighted by Crippen LogP contribution is 2.28. The molecule has 0 spiro atoms.